The second kappa shape index (κ2) is 6.71. The molecule has 1 aromatic carbocycles. The molecule has 0 aliphatic rings. The van der Waals surface area contributed by atoms with Crippen LogP contribution in [0.25, 0.3) is 0 Å². The molecule has 0 aliphatic carbocycles. The van der Waals surface area contributed by atoms with Gasteiger partial charge in [-0.05, 0) is 31.2 Å². The molecule has 0 unspecified atom stereocenters. The summed E-state index contributed by atoms with van der Waals surface area (Å²) in [5, 5.41) is 12.0. The van der Waals surface area contributed by atoms with Crippen molar-refractivity contribution in [2.24, 2.45) is 0 Å². The number of rotatable bonds is 5. The van der Waals surface area contributed by atoms with Crippen LogP contribution in [0.4, 0.5) is 5.82 Å². The summed E-state index contributed by atoms with van der Waals surface area (Å²) >= 11 is 0. The minimum atomic E-state index is 0.215. The number of anilines is 1. The molecule has 0 saturated carbocycles. The third-order valence-corrected chi connectivity index (χ3v) is 2.80. The van der Waals surface area contributed by atoms with Crippen LogP contribution in [-0.2, 0) is 0 Å². The monoisotopic (exact) mass is 282 g/mol. The smallest absolute Gasteiger partial charge is 0.224 e. The second-order valence-electron chi connectivity index (χ2n) is 4.87. The van der Waals surface area contributed by atoms with Gasteiger partial charge in [0.2, 0.25) is 5.88 Å². The summed E-state index contributed by atoms with van der Waals surface area (Å²) in [6, 6.07) is 10.8. The Balaban J connectivity index is 2.27. The number of benzene rings is 1. The maximum atomic E-state index is 8.79. The molecule has 1 N–H and O–H groups in total. The summed E-state index contributed by atoms with van der Waals surface area (Å²) in [4.78, 5) is 8.86. The molecular formula is C16H18N4O. The van der Waals surface area contributed by atoms with Gasteiger partial charge in [-0.3, -0.25) is 0 Å². The predicted molar refractivity (Wildman–Crippen MR) is 81.5 cm³/mol. The first-order valence-corrected chi connectivity index (χ1v) is 6.93. The fraction of sp³-hybridized carbons (Fsp3) is 0.312. The first-order valence-electron chi connectivity index (χ1n) is 6.93. The second-order valence-corrected chi connectivity index (χ2v) is 4.87. The van der Waals surface area contributed by atoms with Crippen molar-refractivity contribution in [3.05, 3.63) is 41.7 Å². The van der Waals surface area contributed by atoms with E-state index < -0.39 is 0 Å². The molecule has 0 fully saturated rings. The molecule has 5 nitrogen and oxygen atoms in total. The Kier molecular flexibility index (Phi) is 4.72. The number of ether oxygens (including phenoxy) is 1. The van der Waals surface area contributed by atoms with Gasteiger partial charge in [-0.2, -0.15) is 10.2 Å². The van der Waals surface area contributed by atoms with Crippen molar-refractivity contribution < 1.29 is 4.74 Å². The Bertz CT molecular complexity index is 644. The molecule has 21 heavy (non-hydrogen) atoms. The van der Waals surface area contributed by atoms with E-state index in [9.17, 15) is 0 Å². The maximum Gasteiger partial charge on any atom is 0.224 e. The quantitative estimate of drug-likeness (QED) is 0.905. The fourth-order valence-electron chi connectivity index (χ4n) is 1.74. The molecule has 0 spiro atoms. The highest BCUT2D eigenvalue weighted by Gasteiger charge is 2.09. The van der Waals surface area contributed by atoms with Crippen molar-refractivity contribution in [2.45, 2.75) is 26.7 Å². The lowest BCUT2D eigenvalue weighted by Crippen LogP contribution is -2.05. The number of nitriles is 1. The highest BCUT2D eigenvalue weighted by molar-refractivity contribution is 5.41. The van der Waals surface area contributed by atoms with Gasteiger partial charge in [-0.1, -0.05) is 13.8 Å². The number of hydrogen-bond donors (Lipinski definition) is 1. The lowest BCUT2D eigenvalue weighted by Gasteiger charge is -2.11. The van der Waals surface area contributed by atoms with Crippen LogP contribution in [0.1, 0.15) is 38.1 Å². The molecule has 5 heteroatoms. The predicted octanol–water partition coefficient (Wildman–Crippen LogP) is 3.70. The molecule has 1 aromatic heterocycles. The van der Waals surface area contributed by atoms with E-state index in [4.69, 9.17) is 10.00 Å². The van der Waals surface area contributed by atoms with Crippen molar-refractivity contribution in [1.29, 1.82) is 5.26 Å². The van der Waals surface area contributed by atoms with Crippen LogP contribution in [0.15, 0.2) is 30.3 Å². The van der Waals surface area contributed by atoms with E-state index in [2.05, 4.69) is 21.4 Å². The lowest BCUT2D eigenvalue weighted by atomic mass is 10.2. The Morgan fingerprint density at radius 2 is 1.95 bits per heavy atom. The van der Waals surface area contributed by atoms with Gasteiger partial charge in [0.15, 0.2) is 0 Å². The molecular weight excluding hydrogens is 264 g/mol. The van der Waals surface area contributed by atoms with Gasteiger partial charge in [-0.25, -0.2) is 4.98 Å². The summed E-state index contributed by atoms with van der Waals surface area (Å²) < 4.78 is 5.76. The van der Waals surface area contributed by atoms with Crippen molar-refractivity contribution in [3.8, 4) is 17.7 Å². The number of aromatic nitrogens is 2. The standard InChI is InChI=1S/C16H18N4O/c1-4-18-14-9-15(20-16(19-14)11(2)3)21-13-7-5-12(10-17)6-8-13/h5-9,11H,4H2,1-3H3,(H,18,19,20). The van der Waals surface area contributed by atoms with Crippen LogP contribution < -0.4 is 10.1 Å². The van der Waals surface area contributed by atoms with Gasteiger partial charge in [-0.15, -0.1) is 0 Å². The van der Waals surface area contributed by atoms with Gasteiger partial charge in [0.05, 0.1) is 11.6 Å². The van der Waals surface area contributed by atoms with Gasteiger partial charge in [0, 0.05) is 18.5 Å². The largest absolute Gasteiger partial charge is 0.439 e. The van der Waals surface area contributed by atoms with Crippen LogP contribution in [0.5, 0.6) is 11.6 Å². The Morgan fingerprint density at radius 1 is 1.24 bits per heavy atom. The number of nitrogens with zero attached hydrogens (tertiary/aromatic N) is 3. The van der Waals surface area contributed by atoms with E-state index in [0.29, 0.717) is 17.2 Å². The first-order chi connectivity index (χ1) is 10.1. The maximum absolute atomic E-state index is 8.79. The molecule has 0 amide bonds. The summed E-state index contributed by atoms with van der Waals surface area (Å²) in [6.45, 7) is 6.87. The van der Waals surface area contributed by atoms with Crippen molar-refractivity contribution in [3.63, 3.8) is 0 Å². The van der Waals surface area contributed by atoms with Crippen molar-refractivity contribution in [1.82, 2.24) is 9.97 Å². The van der Waals surface area contributed by atoms with Crippen LogP contribution >= 0.6 is 0 Å². The van der Waals surface area contributed by atoms with Gasteiger partial charge in [0.25, 0.3) is 0 Å². The summed E-state index contributed by atoms with van der Waals surface area (Å²) in [7, 11) is 0. The molecule has 0 saturated heterocycles. The van der Waals surface area contributed by atoms with E-state index >= 15 is 0 Å². The van der Waals surface area contributed by atoms with Gasteiger partial charge < -0.3 is 10.1 Å². The first kappa shape index (κ1) is 14.8. The molecule has 0 radical (unpaired) electrons. The zero-order valence-corrected chi connectivity index (χ0v) is 12.4. The van der Waals surface area contributed by atoms with E-state index in [1.807, 2.05) is 20.8 Å². The topological polar surface area (TPSA) is 70.8 Å². The van der Waals surface area contributed by atoms with Crippen LogP contribution in [-0.4, -0.2) is 16.5 Å². The van der Waals surface area contributed by atoms with E-state index in [-0.39, 0.29) is 5.92 Å². The van der Waals surface area contributed by atoms with Crippen LogP contribution in [0.2, 0.25) is 0 Å². The molecule has 0 atom stereocenters. The molecule has 108 valence electrons. The lowest BCUT2D eigenvalue weighted by molar-refractivity contribution is 0.457. The molecule has 2 rings (SSSR count). The normalized spacial score (nSPS) is 10.2. The molecule has 0 aliphatic heterocycles. The van der Waals surface area contributed by atoms with Crippen LogP contribution in [0, 0.1) is 11.3 Å². The van der Waals surface area contributed by atoms with Crippen LogP contribution in [0.3, 0.4) is 0 Å². The average Bonchev–Trinajstić information content (AvgIpc) is 2.48. The van der Waals surface area contributed by atoms with Gasteiger partial charge >= 0.3 is 0 Å². The Hall–Kier alpha value is -2.61. The number of hydrogen-bond acceptors (Lipinski definition) is 5. The SMILES string of the molecule is CCNc1cc(Oc2ccc(C#N)cc2)nc(C(C)C)n1. The third kappa shape index (κ3) is 3.93. The summed E-state index contributed by atoms with van der Waals surface area (Å²) in [5.41, 5.74) is 0.598. The highest BCUT2D eigenvalue weighted by Crippen LogP contribution is 2.24. The minimum absolute atomic E-state index is 0.215. The Labute approximate surface area is 124 Å². The summed E-state index contributed by atoms with van der Waals surface area (Å²) in [6.07, 6.45) is 0. The number of nitrogens with one attached hydrogen (secondary N) is 1. The Morgan fingerprint density at radius 3 is 2.52 bits per heavy atom. The zero-order chi connectivity index (χ0) is 15.2. The van der Waals surface area contributed by atoms with E-state index in [1.54, 1.807) is 30.3 Å². The van der Waals surface area contributed by atoms with E-state index in [0.717, 1.165) is 18.2 Å². The summed E-state index contributed by atoms with van der Waals surface area (Å²) in [5.74, 6) is 2.84. The van der Waals surface area contributed by atoms with Crippen molar-refractivity contribution >= 4 is 5.82 Å². The van der Waals surface area contributed by atoms with E-state index in [1.165, 1.54) is 0 Å². The zero-order valence-electron chi connectivity index (χ0n) is 12.4. The molecule has 0 bridgehead atoms. The fourth-order valence-corrected chi connectivity index (χ4v) is 1.74. The third-order valence-electron chi connectivity index (χ3n) is 2.80. The molecule has 1 heterocycles. The van der Waals surface area contributed by atoms with Gasteiger partial charge in [0.1, 0.15) is 17.4 Å². The molecule has 2 aromatic rings. The van der Waals surface area contributed by atoms with Crippen molar-refractivity contribution in [2.75, 3.05) is 11.9 Å². The minimum Gasteiger partial charge on any atom is -0.439 e. The average molecular weight is 282 g/mol. The highest BCUT2D eigenvalue weighted by atomic mass is 16.5.